The molecule has 2 aromatic heterocycles. The number of amides is 1. The molecule has 1 amide bonds. The molecule has 0 spiro atoms. The van der Waals surface area contributed by atoms with E-state index in [4.69, 9.17) is 5.73 Å². The van der Waals surface area contributed by atoms with Gasteiger partial charge in [0.05, 0.1) is 12.0 Å². The number of anilines is 1. The second-order valence-electron chi connectivity index (χ2n) is 6.09. The average Bonchev–Trinajstić information content (AvgIpc) is 2.96. The highest BCUT2D eigenvalue weighted by Crippen LogP contribution is 2.29. The van der Waals surface area contributed by atoms with Gasteiger partial charge in [-0.05, 0) is 31.5 Å². The predicted molar refractivity (Wildman–Crippen MR) is 91.7 cm³/mol. The van der Waals surface area contributed by atoms with Crippen molar-refractivity contribution >= 4 is 17.6 Å². The summed E-state index contributed by atoms with van der Waals surface area (Å²) in [6.45, 7) is 3.51. The monoisotopic (exact) mass is 378 g/mol. The van der Waals surface area contributed by atoms with Crippen molar-refractivity contribution in [3.63, 3.8) is 0 Å². The highest BCUT2D eigenvalue weighted by molar-refractivity contribution is 5.79. The summed E-state index contributed by atoms with van der Waals surface area (Å²) < 4.78 is 39.7. The van der Waals surface area contributed by atoms with Gasteiger partial charge in [0, 0.05) is 23.5 Å². The van der Waals surface area contributed by atoms with Crippen LogP contribution in [0.15, 0.2) is 24.3 Å². The fourth-order valence-corrected chi connectivity index (χ4v) is 2.76. The molecule has 0 atom stereocenters. The van der Waals surface area contributed by atoms with E-state index in [1.165, 1.54) is 16.6 Å². The summed E-state index contributed by atoms with van der Waals surface area (Å²) in [4.78, 5) is 20.5. The SMILES string of the molecule is Cc1nc2nc(N)nn2c(C)c1CC(=O)NCc1cccc(C(F)(F)F)c1. The molecule has 2 heterocycles. The van der Waals surface area contributed by atoms with Gasteiger partial charge in [-0.25, -0.2) is 4.98 Å². The molecule has 0 aliphatic carbocycles. The third-order valence-corrected chi connectivity index (χ3v) is 4.15. The summed E-state index contributed by atoms with van der Waals surface area (Å²) >= 11 is 0. The molecule has 0 bridgehead atoms. The normalized spacial score (nSPS) is 11.7. The number of nitrogens with one attached hydrogen (secondary N) is 1. The van der Waals surface area contributed by atoms with Crippen LogP contribution in [0.25, 0.3) is 5.78 Å². The second-order valence-corrected chi connectivity index (χ2v) is 6.09. The van der Waals surface area contributed by atoms with Gasteiger partial charge in [0.25, 0.3) is 5.78 Å². The molecule has 7 nitrogen and oxygen atoms in total. The number of benzene rings is 1. The van der Waals surface area contributed by atoms with Gasteiger partial charge >= 0.3 is 6.18 Å². The number of nitrogens with two attached hydrogens (primary N) is 1. The standard InChI is InChI=1S/C17H17F3N6O/c1-9-13(10(2)26-16(23-9)24-15(21)25-26)7-14(27)22-8-11-4-3-5-12(6-11)17(18,19)20/h3-6H,7-8H2,1-2H3,(H2,21,25)(H,22,27). The molecule has 142 valence electrons. The van der Waals surface area contributed by atoms with E-state index in [2.05, 4.69) is 20.4 Å². The zero-order valence-electron chi connectivity index (χ0n) is 14.6. The Bertz CT molecular complexity index is 1010. The van der Waals surface area contributed by atoms with Crippen molar-refractivity contribution in [1.82, 2.24) is 24.9 Å². The van der Waals surface area contributed by atoms with Gasteiger partial charge in [-0.1, -0.05) is 12.1 Å². The van der Waals surface area contributed by atoms with Gasteiger partial charge in [0.2, 0.25) is 11.9 Å². The van der Waals surface area contributed by atoms with E-state index in [1.54, 1.807) is 13.8 Å². The molecule has 0 radical (unpaired) electrons. The Morgan fingerprint density at radius 3 is 2.70 bits per heavy atom. The van der Waals surface area contributed by atoms with Crippen LogP contribution < -0.4 is 11.1 Å². The Labute approximate surface area is 152 Å². The maximum absolute atomic E-state index is 12.8. The number of aromatic nitrogens is 4. The lowest BCUT2D eigenvalue weighted by Gasteiger charge is -2.12. The minimum absolute atomic E-state index is 0.00715. The first-order valence-electron chi connectivity index (χ1n) is 8.06. The zero-order chi connectivity index (χ0) is 19.8. The van der Waals surface area contributed by atoms with Gasteiger partial charge in [0.1, 0.15) is 0 Å². The van der Waals surface area contributed by atoms with Crippen molar-refractivity contribution in [2.75, 3.05) is 5.73 Å². The first-order chi connectivity index (χ1) is 12.6. The Balaban J connectivity index is 1.72. The number of carbonyl (C=O) groups is 1. The van der Waals surface area contributed by atoms with Crippen LogP contribution in [0.1, 0.15) is 28.1 Å². The number of hydrogen-bond donors (Lipinski definition) is 2. The molecule has 27 heavy (non-hydrogen) atoms. The molecule has 0 aliphatic rings. The number of rotatable bonds is 4. The van der Waals surface area contributed by atoms with Gasteiger partial charge < -0.3 is 11.1 Å². The number of fused-ring (bicyclic) bond motifs is 1. The molecule has 10 heteroatoms. The number of hydrogen-bond acceptors (Lipinski definition) is 5. The lowest BCUT2D eigenvalue weighted by molar-refractivity contribution is -0.137. The van der Waals surface area contributed by atoms with Crippen LogP contribution in [-0.2, 0) is 23.9 Å². The fourth-order valence-electron chi connectivity index (χ4n) is 2.76. The molecule has 0 aliphatic heterocycles. The quantitative estimate of drug-likeness (QED) is 0.725. The van der Waals surface area contributed by atoms with Crippen LogP contribution in [0, 0.1) is 13.8 Å². The molecule has 0 saturated heterocycles. The summed E-state index contributed by atoms with van der Waals surface area (Å²) in [5.74, 6) is 0.0830. The molecule has 3 N–H and O–H groups in total. The third kappa shape index (κ3) is 3.99. The van der Waals surface area contributed by atoms with Crippen molar-refractivity contribution < 1.29 is 18.0 Å². The molecular formula is C17H17F3N6O. The molecule has 0 saturated carbocycles. The summed E-state index contributed by atoms with van der Waals surface area (Å²) in [5, 5.41) is 6.66. The van der Waals surface area contributed by atoms with Crippen LogP contribution in [0.3, 0.4) is 0 Å². The van der Waals surface area contributed by atoms with Crippen molar-refractivity contribution in [3.05, 3.63) is 52.3 Å². The summed E-state index contributed by atoms with van der Waals surface area (Å²) in [7, 11) is 0. The Kier molecular flexibility index (Phi) is 4.73. The lowest BCUT2D eigenvalue weighted by atomic mass is 10.1. The van der Waals surface area contributed by atoms with Crippen molar-refractivity contribution in [1.29, 1.82) is 0 Å². The molecule has 0 fully saturated rings. The molecule has 3 aromatic rings. The van der Waals surface area contributed by atoms with E-state index in [0.29, 0.717) is 28.3 Å². The van der Waals surface area contributed by atoms with Gasteiger partial charge in [-0.2, -0.15) is 22.7 Å². The third-order valence-electron chi connectivity index (χ3n) is 4.15. The minimum atomic E-state index is -4.42. The molecule has 1 aromatic carbocycles. The van der Waals surface area contributed by atoms with Crippen LogP contribution in [0.5, 0.6) is 0 Å². The van der Waals surface area contributed by atoms with Crippen molar-refractivity contribution in [2.45, 2.75) is 33.0 Å². The number of aryl methyl sites for hydroxylation is 2. The summed E-state index contributed by atoms with van der Waals surface area (Å²) in [6.07, 6.45) is -4.41. The number of nitrogens with zero attached hydrogens (tertiary/aromatic N) is 4. The van der Waals surface area contributed by atoms with E-state index >= 15 is 0 Å². The van der Waals surface area contributed by atoms with Crippen molar-refractivity contribution in [2.24, 2.45) is 0 Å². The van der Waals surface area contributed by atoms with Gasteiger partial charge in [0.15, 0.2) is 0 Å². The number of halogens is 3. The first-order valence-corrected chi connectivity index (χ1v) is 8.06. The lowest BCUT2D eigenvalue weighted by Crippen LogP contribution is -2.26. The van der Waals surface area contributed by atoms with Crippen LogP contribution in [-0.4, -0.2) is 25.5 Å². The van der Waals surface area contributed by atoms with Gasteiger partial charge in [-0.3, -0.25) is 4.79 Å². The predicted octanol–water partition coefficient (Wildman–Crippen LogP) is 2.20. The number of nitrogen functional groups attached to an aromatic ring is 1. The Hall–Kier alpha value is -3.17. The Morgan fingerprint density at radius 1 is 1.26 bits per heavy atom. The average molecular weight is 378 g/mol. The smallest absolute Gasteiger partial charge is 0.366 e. The van der Waals surface area contributed by atoms with Gasteiger partial charge in [-0.15, -0.1) is 5.10 Å². The van der Waals surface area contributed by atoms with Crippen molar-refractivity contribution in [3.8, 4) is 0 Å². The maximum Gasteiger partial charge on any atom is 0.416 e. The highest BCUT2D eigenvalue weighted by atomic mass is 19.4. The molecule has 3 rings (SSSR count). The zero-order valence-corrected chi connectivity index (χ0v) is 14.6. The van der Waals surface area contributed by atoms with E-state index in [1.807, 2.05) is 0 Å². The summed E-state index contributed by atoms with van der Waals surface area (Å²) in [5.41, 5.74) is 7.14. The minimum Gasteiger partial charge on any atom is -0.366 e. The number of carbonyl (C=O) groups excluding carboxylic acids is 1. The second kappa shape index (κ2) is 6.86. The fraction of sp³-hybridized carbons (Fsp3) is 0.294. The van der Waals surface area contributed by atoms with Crippen LogP contribution in [0.2, 0.25) is 0 Å². The van der Waals surface area contributed by atoms with E-state index in [0.717, 1.165) is 12.1 Å². The summed E-state index contributed by atoms with van der Waals surface area (Å²) in [6, 6.07) is 4.84. The Morgan fingerprint density at radius 2 is 2.00 bits per heavy atom. The number of alkyl halides is 3. The van der Waals surface area contributed by atoms with E-state index in [9.17, 15) is 18.0 Å². The molecule has 0 unspecified atom stereocenters. The van der Waals surface area contributed by atoms with E-state index in [-0.39, 0.29) is 24.8 Å². The highest BCUT2D eigenvalue weighted by Gasteiger charge is 2.30. The largest absolute Gasteiger partial charge is 0.416 e. The van der Waals surface area contributed by atoms with Crippen LogP contribution >= 0.6 is 0 Å². The maximum atomic E-state index is 12.8. The van der Waals surface area contributed by atoms with Crippen LogP contribution in [0.4, 0.5) is 19.1 Å². The molecular weight excluding hydrogens is 361 g/mol. The van der Waals surface area contributed by atoms with E-state index < -0.39 is 11.7 Å². The first kappa shape index (κ1) is 18.6. The topological polar surface area (TPSA) is 98.2 Å².